The van der Waals surface area contributed by atoms with Crippen LogP contribution in [0, 0.1) is 0 Å². The lowest BCUT2D eigenvalue weighted by Crippen LogP contribution is -1.98. The van der Waals surface area contributed by atoms with Crippen LogP contribution in [0.15, 0.2) is 97.3 Å². The average Bonchev–Trinajstić information content (AvgIpc) is 2.71. The minimum atomic E-state index is 0.708. The zero-order valence-corrected chi connectivity index (χ0v) is 14.5. The summed E-state index contributed by atoms with van der Waals surface area (Å²) in [6.07, 6.45) is 1.53. The normalized spacial score (nSPS) is 10.2. The molecule has 0 radical (unpaired) electrons. The molecule has 0 aliphatic rings. The molecule has 5 heteroatoms. The Bertz CT molecular complexity index is 989. The van der Waals surface area contributed by atoms with Crippen LogP contribution in [0.1, 0.15) is 0 Å². The van der Waals surface area contributed by atoms with E-state index >= 15 is 0 Å². The first kappa shape index (κ1) is 16.6. The van der Waals surface area contributed by atoms with Crippen LogP contribution in [-0.2, 0) is 0 Å². The first-order chi connectivity index (χ1) is 13.3. The van der Waals surface area contributed by atoms with Gasteiger partial charge in [-0.25, -0.2) is 9.97 Å². The van der Waals surface area contributed by atoms with Crippen LogP contribution in [0.3, 0.4) is 0 Å². The molecule has 0 spiro atoms. The largest absolute Gasteiger partial charge is 0.457 e. The average molecular weight is 354 g/mol. The molecule has 1 aromatic heterocycles. The molecule has 0 saturated carbocycles. The Balaban J connectivity index is 1.42. The van der Waals surface area contributed by atoms with Crippen molar-refractivity contribution in [1.82, 2.24) is 9.97 Å². The molecule has 0 saturated heterocycles. The summed E-state index contributed by atoms with van der Waals surface area (Å²) in [5.74, 6) is 3.02. The fourth-order valence-electron chi connectivity index (χ4n) is 2.54. The predicted molar refractivity (Wildman–Crippen MR) is 108 cm³/mol. The van der Waals surface area contributed by atoms with Gasteiger partial charge in [0, 0.05) is 17.4 Å². The SMILES string of the molecule is c1ccc(Nc2cc(Nc3ccc(Oc4ccccc4)cc3)ncn2)cc1. The maximum Gasteiger partial charge on any atom is 0.135 e. The van der Waals surface area contributed by atoms with Gasteiger partial charge in [0.15, 0.2) is 0 Å². The van der Waals surface area contributed by atoms with Crippen LogP contribution < -0.4 is 15.4 Å². The third kappa shape index (κ3) is 4.61. The second kappa shape index (κ2) is 8.01. The van der Waals surface area contributed by atoms with E-state index in [9.17, 15) is 0 Å². The number of aromatic nitrogens is 2. The van der Waals surface area contributed by atoms with Crippen LogP contribution in [0.2, 0.25) is 0 Å². The van der Waals surface area contributed by atoms with Crippen LogP contribution >= 0.6 is 0 Å². The van der Waals surface area contributed by atoms with Gasteiger partial charge in [0.25, 0.3) is 0 Å². The van der Waals surface area contributed by atoms with E-state index in [1.54, 1.807) is 0 Å². The van der Waals surface area contributed by atoms with Gasteiger partial charge in [-0.3, -0.25) is 0 Å². The highest BCUT2D eigenvalue weighted by Crippen LogP contribution is 2.24. The zero-order valence-electron chi connectivity index (χ0n) is 14.5. The molecule has 27 heavy (non-hydrogen) atoms. The lowest BCUT2D eigenvalue weighted by molar-refractivity contribution is 0.483. The van der Waals surface area contributed by atoms with Gasteiger partial charge in [-0.15, -0.1) is 0 Å². The molecule has 0 aliphatic heterocycles. The second-order valence-corrected chi connectivity index (χ2v) is 5.84. The summed E-state index contributed by atoms with van der Waals surface area (Å²) in [7, 11) is 0. The van der Waals surface area contributed by atoms with Crippen LogP contribution in [0.4, 0.5) is 23.0 Å². The van der Waals surface area contributed by atoms with Crippen molar-refractivity contribution >= 4 is 23.0 Å². The van der Waals surface area contributed by atoms with E-state index in [1.165, 1.54) is 6.33 Å². The fraction of sp³-hybridized carbons (Fsp3) is 0. The van der Waals surface area contributed by atoms with Crippen molar-refractivity contribution in [3.8, 4) is 11.5 Å². The van der Waals surface area contributed by atoms with E-state index in [4.69, 9.17) is 4.74 Å². The van der Waals surface area contributed by atoms with E-state index in [2.05, 4.69) is 20.6 Å². The fourth-order valence-corrected chi connectivity index (χ4v) is 2.54. The highest BCUT2D eigenvalue weighted by Gasteiger charge is 2.02. The molecule has 3 aromatic carbocycles. The van der Waals surface area contributed by atoms with Crippen molar-refractivity contribution in [2.75, 3.05) is 10.6 Å². The summed E-state index contributed by atoms with van der Waals surface area (Å²) >= 11 is 0. The highest BCUT2D eigenvalue weighted by atomic mass is 16.5. The summed E-state index contributed by atoms with van der Waals surface area (Å²) in [5.41, 5.74) is 1.89. The standard InChI is InChI=1S/C22H18N4O/c1-3-7-17(8-4-1)25-21-15-22(24-16-23-21)26-18-11-13-20(14-12-18)27-19-9-5-2-6-10-19/h1-16H,(H2,23,24,25,26). The smallest absolute Gasteiger partial charge is 0.135 e. The van der Waals surface area contributed by atoms with Gasteiger partial charge < -0.3 is 15.4 Å². The minimum Gasteiger partial charge on any atom is -0.457 e. The van der Waals surface area contributed by atoms with Gasteiger partial charge in [0.05, 0.1) is 0 Å². The third-order valence-corrected chi connectivity index (χ3v) is 3.82. The van der Waals surface area contributed by atoms with E-state index in [1.807, 2.05) is 91.0 Å². The summed E-state index contributed by atoms with van der Waals surface area (Å²) in [6.45, 7) is 0. The minimum absolute atomic E-state index is 0.708. The van der Waals surface area contributed by atoms with Gasteiger partial charge in [-0.2, -0.15) is 0 Å². The molecule has 0 atom stereocenters. The molecule has 0 aliphatic carbocycles. The van der Waals surface area contributed by atoms with Crippen LogP contribution in [0.5, 0.6) is 11.5 Å². The number of nitrogens with zero attached hydrogens (tertiary/aromatic N) is 2. The Kier molecular flexibility index (Phi) is 4.93. The molecule has 132 valence electrons. The van der Waals surface area contributed by atoms with Gasteiger partial charge in [-0.1, -0.05) is 36.4 Å². The summed E-state index contributed by atoms with van der Waals surface area (Å²) in [6, 6.07) is 29.2. The molecule has 0 bridgehead atoms. The molecular formula is C22H18N4O. The maximum atomic E-state index is 5.81. The number of rotatable bonds is 6. The molecule has 0 amide bonds. The number of hydrogen-bond acceptors (Lipinski definition) is 5. The van der Waals surface area contributed by atoms with Crippen molar-refractivity contribution in [3.63, 3.8) is 0 Å². The van der Waals surface area contributed by atoms with Gasteiger partial charge in [0.2, 0.25) is 0 Å². The Morgan fingerprint density at radius 3 is 1.70 bits per heavy atom. The van der Waals surface area contributed by atoms with E-state index in [-0.39, 0.29) is 0 Å². The Labute approximate surface area is 157 Å². The number of para-hydroxylation sites is 2. The zero-order chi connectivity index (χ0) is 18.3. The Morgan fingerprint density at radius 2 is 1.07 bits per heavy atom. The Hall–Kier alpha value is -3.86. The summed E-state index contributed by atoms with van der Waals surface area (Å²) < 4.78 is 5.81. The highest BCUT2D eigenvalue weighted by molar-refractivity contribution is 5.63. The van der Waals surface area contributed by atoms with Crippen molar-refractivity contribution in [2.24, 2.45) is 0 Å². The number of nitrogens with one attached hydrogen (secondary N) is 2. The van der Waals surface area contributed by atoms with Crippen molar-refractivity contribution < 1.29 is 4.74 Å². The number of ether oxygens (including phenoxy) is 1. The predicted octanol–water partition coefficient (Wildman–Crippen LogP) is 5.76. The molecule has 5 nitrogen and oxygen atoms in total. The Morgan fingerprint density at radius 1 is 0.556 bits per heavy atom. The lowest BCUT2D eigenvalue weighted by Gasteiger charge is -2.10. The van der Waals surface area contributed by atoms with Gasteiger partial charge in [0.1, 0.15) is 29.5 Å². The van der Waals surface area contributed by atoms with E-state index < -0.39 is 0 Å². The summed E-state index contributed by atoms with van der Waals surface area (Å²) in [4.78, 5) is 8.53. The molecular weight excluding hydrogens is 336 g/mol. The van der Waals surface area contributed by atoms with Crippen LogP contribution in [0.25, 0.3) is 0 Å². The molecule has 4 rings (SSSR count). The number of anilines is 4. The molecule has 0 fully saturated rings. The molecule has 4 aromatic rings. The molecule has 0 unspecified atom stereocenters. The number of hydrogen-bond donors (Lipinski definition) is 2. The number of benzene rings is 3. The van der Waals surface area contributed by atoms with Gasteiger partial charge >= 0.3 is 0 Å². The maximum absolute atomic E-state index is 5.81. The van der Waals surface area contributed by atoms with Crippen LogP contribution in [-0.4, -0.2) is 9.97 Å². The first-order valence-electron chi connectivity index (χ1n) is 8.59. The topological polar surface area (TPSA) is 59.1 Å². The van der Waals surface area contributed by atoms with E-state index in [0.717, 1.165) is 28.7 Å². The van der Waals surface area contributed by atoms with Crippen molar-refractivity contribution in [2.45, 2.75) is 0 Å². The third-order valence-electron chi connectivity index (χ3n) is 3.82. The van der Waals surface area contributed by atoms with Crippen molar-refractivity contribution in [3.05, 3.63) is 97.3 Å². The second-order valence-electron chi connectivity index (χ2n) is 5.84. The first-order valence-corrected chi connectivity index (χ1v) is 8.59. The molecule has 1 heterocycles. The molecule has 2 N–H and O–H groups in total. The lowest BCUT2D eigenvalue weighted by atomic mass is 10.3. The van der Waals surface area contributed by atoms with E-state index in [0.29, 0.717) is 5.82 Å². The van der Waals surface area contributed by atoms with Crippen molar-refractivity contribution in [1.29, 1.82) is 0 Å². The van der Waals surface area contributed by atoms with Gasteiger partial charge in [-0.05, 0) is 48.5 Å². The summed E-state index contributed by atoms with van der Waals surface area (Å²) in [5, 5.41) is 6.53. The quantitative estimate of drug-likeness (QED) is 0.461. The monoisotopic (exact) mass is 354 g/mol.